The summed E-state index contributed by atoms with van der Waals surface area (Å²) in [7, 11) is 0. The fourth-order valence-corrected chi connectivity index (χ4v) is 5.00. The first kappa shape index (κ1) is 18.4. The van der Waals surface area contributed by atoms with Crippen molar-refractivity contribution >= 4 is 23.2 Å². The average Bonchev–Trinajstić information content (AvgIpc) is 3.15. The number of rotatable bonds is 5. The molecule has 25 heavy (non-hydrogen) atoms. The molecule has 1 atom stereocenters. The third-order valence-electron chi connectivity index (χ3n) is 5.59. The van der Waals surface area contributed by atoms with Gasteiger partial charge < -0.3 is 10.2 Å². The van der Waals surface area contributed by atoms with E-state index in [1.54, 1.807) is 11.3 Å². The van der Waals surface area contributed by atoms with Crippen molar-refractivity contribution < 1.29 is 9.59 Å². The quantitative estimate of drug-likeness (QED) is 0.813. The normalized spacial score (nSPS) is 20.7. The summed E-state index contributed by atoms with van der Waals surface area (Å²) in [5, 5.41) is 3.02. The molecule has 1 aromatic heterocycles. The van der Waals surface area contributed by atoms with E-state index in [0.29, 0.717) is 24.3 Å². The average molecular weight is 363 g/mol. The maximum absolute atomic E-state index is 12.4. The van der Waals surface area contributed by atoms with E-state index >= 15 is 0 Å². The zero-order valence-electron chi connectivity index (χ0n) is 15.7. The van der Waals surface area contributed by atoms with Gasteiger partial charge >= 0.3 is 0 Å². The van der Waals surface area contributed by atoms with Gasteiger partial charge in [-0.25, -0.2) is 0 Å². The van der Waals surface area contributed by atoms with E-state index in [4.69, 9.17) is 0 Å². The molecule has 0 spiro atoms. The Morgan fingerprint density at radius 3 is 2.84 bits per heavy atom. The highest BCUT2D eigenvalue weighted by Gasteiger charge is 2.30. The summed E-state index contributed by atoms with van der Waals surface area (Å²) in [6.45, 7) is 9.21. The van der Waals surface area contributed by atoms with E-state index in [1.807, 2.05) is 4.90 Å². The number of fused-ring (bicyclic) bond motifs is 1. The summed E-state index contributed by atoms with van der Waals surface area (Å²) >= 11 is 1.66. The predicted molar refractivity (Wildman–Crippen MR) is 102 cm³/mol. The second kappa shape index (κ2) is 7.48. The smallest absolute Gasteiger partial charge is 0.261 e. The lowest BCUT2D eigenvalue weighted by Gasteiger charge is -2.33. The zero-order chi connectivity index (χ0) is 18.0. The van der Waals surface area contributed by atoms with Crippen molar-refractivity contribution in [2.45, 2.75) is 59.3 Å². The van der Waals surface area contributed by atoms with E-state index in [9.17, 15) is 9.59 Å². The van der Waals surface area contributed by atoms with Crippen molar-refractivity contribution in [3.63, 3.8) is 0 Å². The van der Waals surface area contributed by atoms with Crippen molar-refractivity contribution in [1.82, 2.24) is 10.2 Å². The van der Waals surface area contributed by atoms with Crippen LogP contribution in [-0.2, 0) is 17.6 Å². The molecule has 1 saturated heterocycles. The number of nitrogens with one attached hydrogen (secondary N) is 1. The van der Waals surface area contributed by atoms with E-state index in [0.717, 1.165) is 43.6 Å². The molecule has 2 heterocycles. The Morgan fingerprint density at radius 2 is 2.16 bits per heavy atom. The molecule has 1 aliphatic heterocycles. The Labute approximate surface area is 155 Å². The molecule has 1 fully saturated rings. The van der Waals surface area contributed by atoms with Gasteiger partial charge in [0.25, 0.3) is 5.91 Å². The van der Waals surface area contributed by atoms with Gasteiger partial charge in [-0.1, -0.05) is 20.8 Å². The topological polar surface area (TPSA) is 49.4 Å². The monoisotopic (exact) mass is 362 g/mol. The molecule has 138 valence electrons. The fourth-order valence-electron chi connectivity index (χ4n) is 3.87. The fraction of sp³-hybridized carbons (Fsp3) is 0.700. The summed E-state index contributed by atoms with van der Waals surface area (Å²) in [5.41, 5.74) is 1.71. The Balaban J connectivity index is 1.49. The first-order chi connectivity index (χ1) is 11.8. The highest BCUT2D eigenvalue weighted by molar-refractivity contribution is 7.14. The van der Waals surface area contributed by atoms with Crippen LogP contribution in [-0.4, -0.2) is 36.3 Å². The van der Waals surface area contributed by atoms with Gasteiger partial charge in [-0.3, -0.25) is 9.59 Å². The molecule has 2 amide bonds. The lowest BCUT2D eigenvalue weighted by Crippen LogP contribution is -2.30. The van der Waals surface area contributed by atoms with Crippen LogP contribution in [0.1, 0.15) is 66.6 Å². The SMILES string of the molecule is CC(C)(C)[C@H]1CCc2sc(C(=O)NCCCN3CCCC3=O)cc2C1. The number of carbonyl (C=O) groups excluding carboxylic acids is 2. The van der Waals surface area contributed by atoms with Crippen LogP contribution in [0.5, 0.6) is 0 Å². The molecule has 1 aromatic rings. The minimum Gasteiger partial charge on any atom is -0.351 e. The molecule has 0 bridgehead atoms. The molecule has 0 saturated carbocycles. The maximum Gasteiger partial charge on any atom is 0.261 e. The number of thiophene rings is 1. The summed E-state index contributed by atoms with van der Waals surface area (Å²) < 4.78 is 0. The van der Waals surface area contributed by atoms with Crippen LogP contribution in [0.25, 0.3) is 0 Å². The summed E-state index contributed by atoms with van der Waals surface area (Å²) in [4.78, 5) is 28.1. The largest absolute Gasteiger partial charge is 0.351 e. The Morgan fingerprint density at radius 1 is 1.36 bits per heavy atom. The molecule has 5 heteroatoms. The van der Waals surface area contributed by atoms with Gasteiger partial charge in [0.1, 0.15) is 0 Å². The van der Waals surface area contributed by atoms with Crippen LogP contribution in [0.15, 0.2) is 6.07 Å². The van der Waals surface area contributed by atoms with Crippen LogP contribution >= 0.6 is 11.3 Å². The summed E-state index contributed by atoms with van der Waals surface area (Å²) in [6, 6.07) is 2.11. The minimum absolute atomic E-state index is 0.0412. The molecule has 3 rings (SSSR count). The summed E-state index contributed by atoms with van der Waals surface area (Å²) in [5.74, 6) is 0.994. The van der Waals surface area contributed by atoms with Crippen molar-refractivity contribution in [2.24, 2.45) is 11.3 Å². The van der Waals surface area contributed by atoms with Crippen LogP contribution < -0.4 is 5.32 Å². The summed E-state index contributed by atoms with van der Waals surface area (Å²) in [6.07, 6.45) is 5.91. The number of amides is 2. The molecule has 2 aliphatic rings. The lowest BCUT2D eigenvalue weighted by molar-refractivity contribution is -0.127. The Hall–Kier alpha value is -1.36. The van der Waals surface area contributed by atoms with E-state index in [2.05, 4.69) is 32.2 Å². The standard InChI is InChI=1S/C20H30N2O2S/c1-20(2,3)15-7-8-16-14(12-15)13-17(25-16)19(24)21-9-5-11-22-10-4-6-18(22)23/h13,15H,4-12H2,1-3H3,(H,21,24)/t15-/m0/s1. The molecular weight excluding hydrogens is 332 g/mol. The second-order valence-electron chi connectivity index (χ2n) is 8.46. The lowest BCUT2D eigenvalue weighted by atomic mass is 9.72. The molecule has 4 nitrogen and oxygen atoms in total. The van der Waals surface area contributed by atoms with Crippen molar-refractivity contribution in [2.75, 3.05) is 19.6 Å². The first-order valence-electron chi connectivity index (χ1n) is 9.52. The molecule has 1 aliphatic carbocycles. The van der Waals surface area contributed by atoms with Gasteiger partial charge in [0.05, 0.1) is 4.88 Å². The molecular formula is C20H30N2O2S. The van der Waals surface area contributed by atoms with Gasteiger partial charge in [-0.05, 0) is 55.1 Å². The van der Waals surface area contributed by atoms with Crippen LogP contribution in [0.2, 0.25) is 0 Å². The molecule has 1 N–H and O–H groups in total. The van der Waals surface area contributed by atoms with Gasteiger partial charge in [0, 0.05) is 30.9 Å². The maximum atomic E-state index is 12.4. The third-order valence-corrected chi connectivity index (χ3v) is 6.83. The highest BCUT2D eigenvalue weighted by Crippen LogP contribution is 2.40. The van der Waals surface area contributed by atoms with Gasteiger partial charge in [-0.15, -0.1) is 11.3 Å². The van der Waals surface area contributed by atoms with Crippen molar-refractivity contribution in [3.8, 4) is 0 Å². The van der Waals surface area contributed by atoms with Crippen molar-refractivity contribution in [1.29, 1.82) is 0 Å². The second-order valence-corrected chi connectivity index (χ2v) is 9.60. The first-order valence-corrected chi connectivity index (χ1v) is 10.3. The van der Waals surface area contributed by atoms with Gasteiger partial charge in [0.2, 0.25) is 5.91 Å². The molecule has 0 unspecified atom stereocenters. The van der Waals surface area contributed by atoms with E-state index < -0.39 is 0 Å². The van der Waals surface area contributed by atoms with Gasteiger partial charge in [-0.2, -0.15) is 0 Å². The molecule has 0 radical (unpaired) electrons. The van der Waals surface area contributed by atoms with Crippen LogP contribution in [0, 0.1) is 11.3 Å². The Kier molecular flexibility index (Phi) is 5.52. The molecule has 0 aromatic carbocycles. The Bertz CT molecular complexity index is 645. The van der Waals surface area contributed by atoms with E-state index in [-0.39, 0.29) is 11.8 Å². The van der Waals surface area contributed by atoms with Crippen molar-refractivity contribution in [3.05, 3.63) is 21.4 Å². The number of aryl methyl sites for hydroxylation is 1. The minimum atomic E-state index is 0.0412. The number of nitrogens with zero attached hydrogens (tertiary/aromatic N) is 1. The number of hydrogen-bond donors (Lipinski definition) is 1. The highest BCUT2D eigenvalue weighted by atomic mass is 32.1. The third kappa shape index (κ3) is 4.43. The van der Waals surface area contributed by atoms with E-state index in [1.165, 1.54) is 16.9 Å². The van der Waals surface area contributed by atoms with Crippen LogP contribution in [0.4, 0.5) is 0 Å². The predicted octanol–water partition coefficient (Wildman–Crippen LogP) is 3.64. The number of likely N-dealkylation sites (tertiary alicyclic amines) is 1. The van der Waals surface area contributed by atoms with Gasteiger partial charge in [0.15, 0.2) is 0 Å². The zero-order valence-corrected chi connectivity index (χ0v) is 16.5. The number of hydrogen-bond acceptors (Lipinski definition) is 3. The van der Waals surface area contributed by atoms with Crippen LogP contribution in [0.3, 0.4) is 0 Å². The number of carbonyl (C=O) groups is 2.